The van der Waals surface area contributed by atoms with E-state index in [1.54, 1.807) is 6.07 Å². The Morgan fingerprint density at radius 2 is 2.05 bits per heavy atom. The molecule has 0 fully saturated rings. The summed E-state index contributed by atoms with van der Waals surface area (Å²) in [4.78, 5) is 0. The van der Waals surface area contributed by atoms with Gasteiger partial charge in [0.15, 0.2) is 0 Å². The van der Waals surface area contributed by atoms with Crippen LogP contribution in [-0.2, 0) is 6.42 Å². The van der Waals surface area contributed by atoms with E-state index in [1.807, 2.05) is 25.2 Å². The molecule has 2 atom stereocenters. The number of fused-ring (bicyclic) bond motifs is 1. The van der Waals surface area contributed by atoms with Gasteiger partial charge in [-0.15, -0.1) is 0 Å². The first-order chi connectivity index (χ1) is 10.1. The average Bonchev–Trinajstić information content (AvgIpc) is 2.78. The molecule has 2 nitrogen and oxygen atoms in total. The molecule has 0 saturated carbocycles. The van der Waals surface area contributed by atoms with Gasteiger partial charge in [0, 0.05) is 10.9 Å². The number of hydrogen-bond acceptors (Lipinski definition) is 2. The van der Waals surface area contributed by atoms with Crippen LogP contribution in [0, 0.1) is 5.82 Å². The van der Waals surface area contributed by atoms with Gasteiger partial charge in [-0.05, 0) is 54.9 Å². The molecule has 0 aliphatic carbocycles. The minimum Gasteiger partial charge on any atom is -0.490 e. The molecule has 1 aliphatic rings. The van der Waals surface area contributed by atoms with Gasteiger partial charge >= 0.3 is 0 Å². The lowest BCUT2D eigenvalue weighted by Crippen LogP contribution is -2.18. The monoisotopic (exact) mass is 349 g/mol. The molecule has 0 saturated heterocycles. The van der Waals surface area contributed by atoms with Crippen molar-refractivity contribution in [3.8, 4) is 5.75 Å². The van der Waals surface area contributed by atoms with Gasteiger partial charge in [0.2, 0.25) is 0 Å². The van der Waals surface area contributed by atoms with Gasteiger partial charge in [0.1, 0.15) is 17.7 Å². The van der Waals surface area contributed by atoms with Gasteiger partial charge in [-0.3, -0.25) is 0 Å². The van der Waals surface area contributed by atoms with Crippen molar-refractivity contribution in [2.75, 3.05) is 7.05 Å². The smallest absolute Gasteiger partial charge is 0.124 e. The molecule has 1 aliphatic heterocycles. The Bertz CT molecular complexity index is 654. The van der Waals surface area contributed by atoms with E-state index in [0.29, 0.717) is 0 Å². The average molecular weight is 350 g/mol. The molecule has 110 valence electrons. The molecule has 0 aromatic heterocycles. The normalized spacial score (nSPS) is 18.2. The third-order valence-corrected chi connectivity index (χ3v) is 4.22. The van der Waals surface area contributed by atoms with E-state index < -0.39 is 0 Å². The molecule has 2 unspecified atom stereocenters. The predicted molar refractivity (Wildman–Crippen MR) is 85.2 cm³/mol. The van der Waals surface area contributed by atoms with Gasteiger partial charge in [0.25, 0.3) is 0 Å². The van der Waals surface area contributed by atoms with Crippen molar-refractivity contribution in [3.63, 3.8) is 0 Å². The van der Waals surface area contributed by atoms with Gasteiger partial charge in [-0.1, -0.05) is 28.1 Å². The zero-order chi connectivity index (χ0) is 15.0. The summed E-state index contributed by atoms with van der Waals surface area (Å²) in [5, 5.41) is 3.26. The summed E-state index contributed by atoms with van der Waals surface area (Å²) in [6, 6.07) is 11.1. The molecular weight excluding hydrogens is 333 g/mol. The number of halogens is 2. The van der Waals surface area contributed by atoms with Crippen molar-refractivity contribution in [1.29, 1.82) is 0 Å². The maximum atomic E-state index is 13.6. The Balaban J connectivity index is 1.99. The van der Waals surface area contributed by atoms with Crippen molar-refractivity contribution in [1.82, 2.24) is 5.32 Å². The summed E-state index contributed by atoms with van der Waals surface area (Å²) in [5.41, 5.74) is 3.23. The minimum atomic E-state index is -0.238. The zero-order valence-corrected chi connectivity index (χ0v) is 13.6. The quantitative estimate of drug-likeness (QED) is 0.895. The van der Waals surface area contributed by atoms with Crippen LogP contribution in [0.4, 0.5) is 4.39 Å². The summed E-state index contributed by atoms with van der Waals surface area (Å²) in [7, 11) is 1.88. The summed E-state index contributed by atoms with van der Waals surface area (Å²) < 4.78 is 20.1. The molecule has 1 heterocycles. The largest absolute Gasteiger partial charge is 0.490 e. The van der Waals surface area contributed by atoms with E-state index in [-0.39, 0.29) is 18.0 Å². The van der Waals surface area contributed by atoms with Gasteiger partial charge in [0.05, 0.1) is 6.04 Å². The third kappa shape index (κ3) is 2.97. The van der Waals surface area contributed by atoms with E-state index >= 15 is 0 Å². The van der Waals surface area contributed by atoms with Gasteiger partial charge in [-0.2, -0.15) is 0 Å². The van der Waals surface area contributed by atoms with Crippen molar-refractivity contribution >= 4 is 15.9 Å². The summed E-state index contributed by atoms with van der Waals surface area (Å²) in [5.74, 6) is 0.722. The molecule has 0 radical (unpaired) electrons. The Morgan fingerprint density at radius 3 is 2.76 bits per heavy atom. The molecular formula is C17H17BrFNO. The molecule has 2 aromatic rings. The zero-order valence-electron chi connectivity index (χ0n) is 12.0. The highest BCUT2D eigenvalue weighted by Crippen LogP contribution is 2.33. The molecule has 0 amide bonds. The highest BCUT2D eigenvalue weighted by molar-refractivity contribution is 9.10. The molecule has 4 heteroatoms. The van der Waals surface area contributed by atoms with Crippen LogP contribution in [0.3, 0.4) is 0 Å². The first-order valence-corrected chi connectivity index (χ1v) is 7.79. The Hall–Kier alpha value is -1.39. The Labute approximate surface area is 132 Å². The van der Waals surface area contributed by atoms with Crippen LogP contribution >= 0.6 is 15.9 Å². The van der Waals surface area contributed by atoms with E-state index in [9.17, 15) is 4.39 Å². The molecule has 0 spiro atoms. The fraction of sp³-hybridized carbons (Fsp3) is 0.294. The number of ether oxygens (including phenoxy) is 1. The third-order valence-electron chi connectivity index (χ3n) is 3.76. The van der Waals surface area contributed by atoms with E-state index in [2.05, 4.69) is 34.2 Å². The summed E-state index contributed by atoms with van der Waals surface area (Å²) in [6.45, 7) is 2.07. The lowest BCUT2D eigenvalue weighted by molar-refractivity contribution is 0.254. The van der Waals surface area contributed by atoms with Crippen LogP contribution in [0.15, 0.2) is 40.9 Å². The van der Waals surface area contributed by atoms with Gasteiger partial charge < -0.3 is 10.1 Å². The number of rotatable bonds is 3. The highest BCUT2D eigenvalue weighted by Gasteiger charge is 2.21. The fourth-order valence-electron chi connectivity index (χ4n) is 2.89. The second-order valence-electron chi connectivity index (χ2n) is 5.42. The van der Waals surface area contributed by atoms with Crippen LogP contribution in [0.25, 0.3) is 0 Å². The molecule has 1 N–H and O–H groups in total. The Morgan fingerprint density at radius 1 is 1.24 bits per heavy atom. The van der Waals surface area contributed by atoms with Crippen LogP contribution in [0.1, 0.15) is 29.7 Å². The van der Waals surface area contributed by atoms with Crippen LogP contribution in [0.2, 0.25) is 0 Å². The lowest BCUT2D eigenvalue weighted by Gasteiger charge is -2.18. The van der Waals surface area contributed by atoms with Crippen molar-refractivity contribution in [2.24, 2.45) is 0 Å². The van der Waals surface area contributed by atoms with E-state index in [4.69, 9.17) is 4.74 Å². The number of benzene rings is 2. The molecule has 21 heavy (non-hydrogen) atoms. The second kappa shape index (κ2) is 5.78. The van der Waals surface area contributed by atoms with Gasteiger partial charge in [-0.25, -0.2) is 4.39 Å². The standard InChI is InChI=1S/C17H17BrFNO/c1-10-5-12-6-11(3-4-16(12)21-10)17(20-2)13-7-14(18)9-15(19)8-13/h3-4,6-10,17,20H,5H2,1-2H3. The summed E-state index contributed by atoms with van der Waals surface area (Å²) >= 11 is 3.35. The van der Waals surface area contributed by atoms with Crippen LogP contribution in [-0.4, -0.2) is 13.2 Å². The second-order valence-corrected chi connectivity index (χ2v) is 6.34. The summed E-state index contributed by atoms with van der Waals surface area (Å²) in [6.07, 6.45) is 1.15. The van der Waals surface area contributed by atoms with E-state index in [1.165, 1.54) is 11.6 Å². The maximum absolute atomic E-state index is 13.6. The Kier molecular flexibility index (Phi) is 4.00. The number of hydrogen-bond donors (Lipinski definition) is 1. The van der Waals surface area contributed by atoms with Crippen molar-refractivity contribution < 1.29 is 9.13 Å². The number of nitrogens with one attached hydrogen (secondary N) is 1. The maximum Gasteiger partial charge on any atom is 0.124 e. The molecule has 3 rings (SSSR count). The first kappa shape index (κ1) is 14.5. The van der Waals surface area contributed by atoms with Crippen molar-refractivity contribution in [3.05, 3.63) is 63.4 Å². The van der Waals surface area contributed by atoms with Crippen LogP contribution < -0.4 is 10.1 Å². The van der Waals surface area contributed by atoms with E-state index in [0.717, 1.165) is 27.8 Å². The molecule has 0 bridgehead atoms. The highest BCUT2D eigenvalue weighted by atomic mass is 79.9. The topological polar surface area (TPSA) is 21.3 Å². The lowest BCUT2D eigenvalue weighted by atomic mass is 9.96. The SMILES string of the molecule is CNC(c1cc(F)cc(Br)c1)c1ccc2c(c1)CC(C)O2. The minimum absolute atomic E-state index is 0.0433. The van der Waals surface area contributed by atoms with Crippen LogP contribution in [0.5, 0.6) is 5.75 Å². The van der Waals surface area contributed by atoms with Crippen molar-refractivity contribution in [2.45, 2.75) is 25.5 Å². The molecule has 2 aromatic carbocycles. The first-order valence-electron chi connectivity index (χ1n) is 6.99. The fourth-order valence-corrected chi connectivity index (χ4v) is 3.37. The predicted octanol–water partition coefficient (Wildman–Crippen LogP) is 4.22.